The Morgan fingerprint density at radius 3 is 2.19 bits per heavy atom. The monoisotopic (exact) mass is 427 g/mol. The summed E-state index contributed by atoms with van der Waals surface area (Å²) in [5.74, 6) is -0.707. The van der Waals surface area contributed by atoms with Crippen molar-refractivity contribution in [1.29, 1.82) is 0 Å². The van der Waals surface area contributed by atoms with Gasteiger partial charge >= 0.3 is 5.97 Å². The van der Waals surface area contributed by atoms with Gasteiger partial charge in [0.25, 0.3) is 5.91 Å². The largest absolute Gasteiger partial charge is 0.478 e. The van der Waals surface area contributed by atoms with E-state index in [0.29, 0.717) is 48.7 Å². The minimum atomic E-state index is -1.03. The molecule has 2 aromatic rings. The highest BCUT2D eigenvalue weighted by molar-refractivity contribution is 6.06. The molecule has 0 unspecified atom stereocenters. The van der Waals surface area contributed by atoms with E-state index < -0.39 is 11.6 Å². The Kier molecular flexibility index (Phi) is 7.79. The van der Waals surface area contributed by atoms with Gasteiger partial charge in [0.1, 0.15) is 11.5 Å². The summed E-state index contributed by atoms with van der Waals surface area (Å²) >= 11 is 0. The zero-order valence-corrected chi connectivity index (χ0v) is 19.2. The third-order valence-electron chi connectivity index (χ3n) is 5.60. The van der Waals surface area contributed by atoms with E-state index in [0.717, 1.165) is 11.1 Å². The first-order valence-electron chi connectivity index (χ1n) is 10.7. The Labute approximate surface area is 184 Å². The summed E-state index contributed by atoms with van der Waals surface area (Å²) in [6, 6.07) is 6.96. The third-order valence-corrected chi connectivity index (χ3v) is 5.60. The number of rotatable bonds is 4. The predicted molar refractivity (Wildman–Crippen MR) is 123 cm³/mol. The first kappa shape index (κ1) is 24.3. The van der Waals surface area contributed by atoms with Crippen LogP contribution >= 0.6 is 0 Å². The van der Waals surface area contributed by atoms with Crippen molar-refractivity contribution in [3.05, 3.63) is 52.2 Å². The molecule has 2 heterocycles. The second kappa shape index (κ2) is 9.92. The van der Waals surface area contributed by atoms with E-state index in [1.165, 1.54) is 6.07 Å². The number of carbonyl (C=O) groups excluding carboxylic acids is 1. The van der Waals surface area contributed by atoms with Crippen LogP contribution in [-0.2, 0) is 0 Å². The van der Waals surface area contributed by atoms with Crippen LogP contribution in [0.1, 0.15) is 71.1 Å². The summed E-state index contributed by atoms with van der Waals surface area (Å²) in [6.45, 7) is 12.5. The molecule has 0 radical (unpaired) electrons. The molecule has 1 amide bonds. The second-order valence-corrected chi connectivity index (χ2v) is 8.01. The van der Waals surface area contributed by atoms with Crippen LogP contribution in [0.3, 0.4) is 0 Å². The smallest absolute Gasteiger partial charge is 0.336 e. The number of anilines is 2. The molecule has 1 fully saturated rings. The molecule has 1 aromatic heterocycles. The number of carboxylic acid groups (broad SMARTS) is 1. The highest BCUT2D eigenvalue weighted by atomic mass is 16.4. The summed E-state index contributed by atoms with van der Waals surface area (Å²) in [5, 5.41) is 22.3. The molecule has 0 aliphatic carbocycles. The van der Waals surface area contributed by atoms with Crippen molar-refractivity contribution >= 4 is 23.4 Å². The quantitative estimate of drug-likeness (QED) is 0.671. The summed E-state index contributed by atoms with van der Waals surface area (Å²) in [6.07, 6.45) is 1.29. The fraction of sp³-hybridized carbons (Fsp3) is 0.458. The van der Waals surface area contributed by atoms with Crippen molar-refractivity contribution in [1.82, 2.24) is 4.98 Å². The fourth-order valence-electron chi connectivity index (χ4n) is 3.59. The lowest BCUT2D eigenvalue weighted by Crippen LogP contribution is -2.42. The van der Waals surface area contributed by atoms with Crippen LogP contribution in [0.4, 0.5) is 11.5 Å². The van der Waals surface area contributed by atoms with Gasteiger partial charge in [-0.15, -0.1) is 0 Å². The molecule has 1 aromatic carbocycles. The third kappa shape index (κ3) is 5.61. The number of hydrogen-bond acceptors (Lipinski definition) is 5. The van der Waals surface area contributed by atoms with Crippen LogP contribution in [0, 0.1) is 20.8 Å². The van der Waals surface area contributed by atoms with E-state index in [4.69, 9.17) is 0 Å². The van der Waals surface area contributed by atoms with E-state index in [1.807, 2.05) is 46.8 Å². The number of pyridine rings is 1. The SMILES string of the molecule is CC.Cc1ccc(N2CCC(C)(O)CC2)nc1C(=O)Nc1c(C)ccc(C(=O)O)c1C. The van der Waals surface area contributed by atoms with Gasteiger partial charge in [-0.25, -0.2) is 9.78 Å². The minimum absolute atomic E-state index is 0.157. The molecule has 7 nitrogen and oxygen atoms in total. The maximum atomic E-state index is 13.0. The molecule has 1 aliphatic heterocycles. The number of piperidine rings is 1. The van der Waals surface area contributed by atoms with E-state index in [-0.39, 0.29) is 11.5 Å². The molecule has 31 heavy (non-hydrogen) atoms. The predicted octanol–water partition coefficient (Wildman–Crippen LogP) is 4.33. The first-order valence-corrected chi connectivity index (χ1v) is 10.7. The van der Waals surface area contributed by atoms with Gasteiger partial charge in [-0.3, -0.25) is 4.79 Å². The van der Waals surface area contributed by atoms with Crippen molar-refractivity contribution < 1.29 is 19.8 Å². The van der Waals surface area contributed by atoms with Gasteiger partial charge in [-0.1, -0.05) is 26.0 Å². The van der Waals surface area contributed by atoms with Gasteiger partial charge in [-0.05, 0) is 69.4 Å². The zero-order chi connectivity index (χ0) is 23.3. The normalized spacial score (nSPS) is 15.0. The van der Waals surface area contributed by atoms with Crippen LogP contribution in [0.25, 0.3) is 0 Å². The van der Waals surface area contributed by atoms with E-state index in [1.54, 1.807) is 13.0 Å². The van der Waals surface area contributed by atoms with E-state index in [9.17, 15) is 19.8 Å². The number of aromatic nitrogens is 1. The maximum Gasteiger partial charge on any atom is 0.336 e. The lowest BCUT2D eigenvalue weighted by atomic mass is 9.94. The Morgan fingerprint density at radius 2 is 1.61 bits per heavy atom. The molecule has 168 valence electrons. The minimum Gasteiger partial charge on any atom is -0.478 e. The molecular formula is C24H33N3O4. The molecule has 3 rings (SSSR count). The number of amides is 1. The Balaban J connectivity index is 0.00000166. The molecule has 0 atom stereocenters. The summed E-state index contributed by atoms with van der Waals surface area (Å²) in [7, 11) is 0. The Bertz CT molecular complexity index is 960. The average Bonchev–Trinajstić information content (AvgIpc) is 2.72. The van der Waals surface area contributed by atoms with E-state index in [2.05, 4.69) is 15.2 Å². The van der Waals surface area contributed by atoms with Gasteiger partial charge in [0.2, 0.25) is 0 Å². The van der Waals surface area contributed by atoms with Gasteiger partial charge in [0, 0.05) is 18.8 Å². The van der Waals surface area contributed by atoms with Crippen molar-refractivity contribution in [2.75, 3.05) is 23.3 Å². The molecule has 1 saturated heterocycles. The molecule has 3 N–H and O–H groups in total. The second-order valence-electron chi connectivity index (χ2n) is 8.01. The number of hydrogen-bond donors (Lipinski definition) is 3. The van der Waals surface area contributed by atoms with Crippen molar-refractivity contribution in [3.63, 3.8) is 0 Å². The maximum absolute atomic E-state index is 13.0. The number of aliphatic hydroxyl groups is 1. The lowest BCUT2D eigenvalue weighted by molar-refractivity contribution is 0.0350. The average molecular weight is 428 g/mol. The summed E-state index contributed by atoms with van der Waals surface area (Å²) < 4.78 is 0. The number of aryl methyl sites for hydroxylation is 2. The lowest BCUT2D eigenvalue weighted by Gasteiger charge is -2.36. The van der Waals surface area contributed by atoms with Gasteiger partial charge in [-0.2, -0.15) is 0 Å². The molecule has 1 aliphatic rings. The van der Waals surface area contributed by atoms with Crippen LogP contribution < -0.4 is 10.2 Å². The van der Waals surface area contributed by atoms with Gasteiger partial charge in [0.15, 0.2) is 0 Å². The van der Waals surface area contributed by atoms with Crippen molar-refractivity contribution in [2.45, 2.75) is 60.0 Å². The summed E-state index contributed by atoms with van der Waals surface area (Å²) in [4.78, 5) is 31.0. The van der Waals surface area contributed by atoms with E-state index >= 15 is 0 Å². The van der Waals surface area contributed by atoms with Crippen LogP contribution in [0.5, 0.6) is 0 Å². The first-order chi connectivity index (χ1) is 14.6. The Morgan fingerprint density at radius 1 is 1.03 bits per heavy atom. The molecular weight excluding hydrogens is 394 g/mol. The summed E-state index contributed by atoms with van der Waals surface area (Å²) in [5.41, 5.74) is 2.33. The number of carboxylic acids is 1. The van der Waals surface area contributed by atoms with Crippen LogP contribution in [0.2, 0.25) is 0 Å². The van der Waals surface area contributed by atoms with Crippen LogP contribution in [0.15, 0.2) is 24.3 Å². The van der Waals surface area contributed by atoms with Crippen LogP contribution in [-0.4, -0.2) is 45.8 Å². The zero-order valence-electron chi connectivity index (χ0n) is 19.2. The number of benzene rings is 1. The standard InChI is InChI=1S/C22H27N3O4.C2H6/c1-13-5-7-16(21(27)28)15(3)18(13)24-20(26)19-14(2)6-8-17(23-19)25-11-9-22(4,29)10-12-25;1-2/h5-8,29H,9-12H2,1-4H3,(H,24,26)(H,27,28);1-2H3. The highest BCUT2D eigenvalue weighted by Gasteiger charge is 2.28. The molecule has 0 saturated carbocycles. The molecule has 7 heteroatoms. The number of carbonyl (C=O) groups is 2. The highest BCUT2D eigenvalue weighted by Crippen LogP contribution is 2.27. The molecule has 0 spiro atoms. The fourth-order valence-corrected chi connectivity index (χ4v) is 3.59. The topological polar surface area (TPSA) is 103 Å². The number of nitrogens with one attached hydrogen (secondary N) is 1. The van der Waals surface area contributed by atoms with Gasteiger partial charge in [0.05, 0.1) is 11.2 Å². The van der Waals surface area contributed by atoms with Crippen molar-refractivity contribution in [3.8, 4) is 0 Å². The number of nitrogens with zero attached hydrogens (tertiary/aromatic N) is 2. The molecule has 0 bridgehead atoms. The van der Waals surface area contributed by atoms with Gasteiger partial charge < -0.3 is 20.4 Å². The van der Waals surface area contributed by atoms with Crippen molar-refractivity contribution in [2.24, 2.45) is 0 Å². The Hall–Kier alpha value is -2.93. The number of aromatic carboxylic acids is 1.